The summed E-state index contributed by atoms with van der Waals surface area (Å²) in [7, 11) is 0. The maximum Gasteiger partial charge on any atom is 0.410 e. The predicted octanol–water partition coefficient (Wildman–Crippen LogP) is 2.18. The zero-order chi connectivity index (χ0) is 14.9. The molecule has 2 amide bonds. The number of carbonyl (C=O) groups excluding carboxylic acids is 2. The van der Waals surface area contributed by atoms with E-state index in [1.165, 1.54) is 11.1 Å². The van der Waals surface area contributed by atoms with Crippen LogP contribution in [-0.4, -0.2) is 53.6 Å². The Balaban J connectivity index is 1.86. The van der Waals surface area contributed by atoms with Gasteiger partial charge in [-0.15, -0.1) is 0 Å². The number of amides is 2. The largest absolute Gasteiger partial charge is 0.444 e. The van der Waals surface area contributed by atoms with Gasteiger partial charge in [-0.1, -0.05) is 6.92 Å². The van der Waals surface area contributed by atoms with Crippen LogP contribution in [0.3, 0.4) is 0 Å². The van der Waals surface area contributed by atoms with Crippen LogP contribution in [0.5, 0.6) is 0 Å². The summed E-state index contributed by atoms with van der Waals surface area (Å²) >= 11 is 0. The van der Waals surface area contributed by atoms with Crippen molar-refractivity contribution >= 4 is 12.0 Å². The van der Waals surface area contributed by atoms with Gasteiger partial charge in [-0.3, -0.25) is 4.79 Å². The molecule has 2 aliphatic heterocycles. The zero-order valence-electron chi connectivity index (χ0n) is 12.9. The molecule has 5 heteroatoms. The quantitative estimate of drug-likeness (QED) is 0.728. The highest BCUT2D eigenvalue weighted by Crippen LogP contribution is 2.27. The van der Waals surface area contributed by atoms with Gasteiger partial charge in [-0.25, -0.2) is 4.79 Å². The smallest absolute Gasteiger partial charge is 0.410 e. The van der Waals surface area contributed by atoms with E-state index in [0.717, 1.165) is 6.42 Å². The third kappa shape index (κ3) is 3.32. The van der Waals surface area contributed by atoms with Crippen LogP contribution < -0.4 is 0 Å². The molecule has 0 fully saturated rings. The van der Waals surface area contributed by atoms with Crippen LogP contribution in [0.2, 0.25) is 0 Å². The first-order valence-corrected chi connectivity index (χ1v) is 7.25. The zero-order valence-corrected chi connectivity index (χ0v) is 12.9. The first-order valence-electron chi connectivity index (χ1n) is 7.25. The van der Waals surface area contributed by atoms with Gasteiger partial charge in [0.25, 0.3) is 0 Å². The highest BCUT2D eigenvalue weighted by atomic mass is 16.6. The van der Waals surface area contributed by atoms with Gasteiger partial charge in [0.2, 0.25) is 5.91 Å². The van der Waals surface area contributed by atoms with Gasteiger partial charge >= 0.3 is 6.09 Å². The van der Waals surface area contributed by atoms with Crippen molar-refractivity contribution in [1.29, 1.82) is 0 Å². The molecular weight excluding hydrogens is 256 g/mol. The van der Waals surface area contributed by atoms with Gasteiger partial charge in [0.15, 0.2) is 0 Å². The van der Waals surface area contributed by atoms with E-state index in [2.05, 4.69) is 0 Å². The summed E-state index contributed by atoms with van der Waals surface area (Å²) in [5, 5.41) is 0. The van der Waals surface area contributed by atoms with Gasteiger partial charge in [0, 0.05) is 32.6 Å². The molecule has 20 heavy (non-hydrogen) atoms. The molecule has 0 unspecified atom stereocenters. The number of rotatable bonds is 2. The minimum absolute atomic E-state index is 0.214. The monoisotopic (exact) mass is 280 g/mol. The average molecular weight is 280 g/mol. The Morgan fingerprint density at radius 1 is 1.05 bits per heavy atom. The summed E-state index contributed by atoms with van der Waals surface area (Å²) in [4.78, 5) is 27.5. The van der Waals surface area contributed by atoms with Crippen molar-refractivity contribution in [3.05, 3.63) is 11.1 Å². The summed E-state index contributed by atoms with van der Waals surface area (Å²) in [6, 6.07) is 0. The summed E-state index contributed by atoms with van der Waals surface area (Å²) in [5.74, 6) is 0.214. The summed E-state index contributed by atoms with van der Waals surface area (Å²) in [6.07, 6.45) is 1.22. The molecule has 0 spiro atoms. The fourth-order valence-corrected chi connectivity index (χ4v) is 2.58. The molecule has 0 radical (unpaired) electrons. The van der Waals surface area contributed by atoms with E-state index in [9.17, 15) is 9.59 Å². The van der Waals surface area contributed by atoms with Crippen molar-refractivity contribution in [2.75, 3.05) is 26.2 Å². The fraction of sp³-hybridized carbons (Fsp3) is 0.733. The lowest BCUT2D eigenvalue weighted by atomic mass is 10.2. The summed E-state index contributed by atoms with van der Waals surface area (Å²) in [6.45, 7) is 10.2. The molecule has 0 bridgehead atoms. The van der Waals surface area contributed by atoms with Crippen molar-refractivity contribution in [2.24, 2.45) is 0 Å². The van der Waals surface area contributed by atoms with E-state index in [-0.39, 0.29) is 12.0 Å². The van der Waals surface area contributed by atoms with Gasteiger partial charge in [-0.05, 0) is 38.3 Å². The van der Waals surface area contributed by atoms with Crippen LogP contribution in [0.25, 0.3) is 0 Å². The Morgan fingerprint density at radius 3 is 2.00 bits per heavy atom. The third-order valence-electron chi connectivity index (χ3n) is 3.50. The molecule has 0 aliphatic carbocycles. The lowest BCUT2D eigenvalue weighted by molar-refractivity contribution is -0.130. The highest BCUT2D eigenvalue weighted by molar-refractivity contribution is 5.78. The van der Waals surface area contributed by atoms with Crippen LogP contribution in [0.4, 0.5) is 4.79 Å². The van der Waals surface area contributed by atoms with Gasteiger partial charge < -0.3 is 14.5 Å². The molecule has 0 saturated carbocycles. The molecule has 112 valence electrons. The second kappa shape index (κ2) is 5.46. The molecule has 0 saturated heterocycles. The second-order valence-electron chi connectivity index (χ2n) is 6.54. The summed E-state index contributed by atoms with van der Waals surface area (Å²) in [5.41, 5.74) is 1.95. The van der Waals surface area contributed by atoms with Crippen molar-refractivity contribution in [3.8, 4) is 0 Å². The number of carbonyl (C=O) groups is 2. The molecule has 2 rings (SSSR count). The first kappa shape index (κ1) is 14.9. The molecule has 0 aromatic carbocycles. The Kier molecular flexibility index (Phi) is 4.06. The topological polar surface area (TPSA) is 49.9 Å². The molecule has 0 aromatic rings. The Hall–Kier alpha value is -1.52. The SMILES string of the molecule is CCCC(=O)N1CC2=C(C1)CN(C(=O)OC(C)(C)C)C2. The molecular formula is C15H24N2O3. The predicted molar refractivity (Wildman–Crippen MR) is 76.3 cm³/mol. The van der Waals surface area contributed by atoms with Gasteiger partial charge in [0.1, 0.15) is 5.60 Å². The Morgan fingerprint density at radius 2 is 1.55 bits per heavy atom. The van der Waals surface area contributed by atoms with Crippen LogP contribution >= 0.6 is 0 Å². The van der Waals surface area contributed by atoms with Crippen LogP contribution in [-0.2, 0) is 9.53 Å². The minimum atomic E-state index is -0.465. The fourth-order valence-electron chi connectivity index (χ4n) is 2.58. The average Bonchev–Trinajstić information content (AvgIpc) is 2.83. The summed E-state index contributed by atoms with van der Waals surface area (Å²) < 4.78 is 5.38. The molecule has 0 aromatic heterocycles. The van der Waals surface area contributed by atoms with Crippen LogP contribution in [0.1, 0.15) is 40.5 Å². The molecule has 2 aliphatic rings. The maximum atomic E-state index is 12.0. The number of hydrogen-bond acceptors (Lipinski definition) is 3. The van der Waals surface area contributed by atoms with E-state index in [0.29, 0.717) is 32.6 Å². The molecule has 0 atom stereocenters. The van der Waals surface area contributed by atoms with Crippen molar-refractivity contribution < 1.29 is 14.3 Å². The number of nitrogens with zero attached hydrogens (tertiary/aromatic N) is 2. The van der Waals surface area contributed by atoms with Crippen LogP contribution in [0.15, 0.2) is 11.1 Å². The maximum absolute atomic E-state index is 12.0. The number of hydrogen-bond donors (Lipinski definition) is 0. The standard InChI is InChI=1S/C15H24N2O3/c1-5-6-13(18)16-7-11-9-17(10-12(11)8-16)14(19)20-15(2,3)4/h5-10H2,1-4H3. The number of ether oxygens (including phenoxy) is 1. The Bertz CT molecular complexity index is 431. The molecule has 2 heterocycles. The molecule has 0 N–H and O–H groups in total. The Labute approximate surface area is 120 Å². The normalized spacial score (nSPS) is 18.6. The van der Waals surface area contributed by atoms with Gasteiger partial charge in [0.05, 0.1) is 0 Å². The van der Waals surface area contributed by atoms with Crippen molar-refractivity contribution in [1.82, 2.24) is 9.80 Å². The lowest BCUT2D eigenvalue weighted by Crippen LogP contribution is -2.39. The molecule has 5 nitrogen and oxygen atoms in total. The van der Waals surface area contributed by atoms with E-state index < -0.39 is 5.60 Å². The van der Waals surface area contributed by atoms with E-state index in [1.54, 1.807) is 4.90 Å². The van der Waals surface area contributed by atoms with E-state index >= 15 is 0 Å². The lowest BCUT2D eigenvalue weighted by Gasteiger charge is -2.26. The van der Waals surface area contributed by atoms with E-state index in [1.807, 2.05) is 32.6 Å². The first-order chi connectivity index (χ1) is 9.30. The van der Waals surface area contributed by atoms with Crippen molar-refractivity contribution in [3.63, 3.8) is 0 Å². The van der Waals surface area contributed by atoms with Crippen molar-refractivity contribution in [2.45, 2.75) is 46.1 Å². The highest BCUT2D eigenvalue weighted by Gasteiger charge is 2.35. The van der Waals surface area contributed by atoms with E-state index in [4.69, 9.17) is 4.74 Å². The van der Waals surface area contributed by atoms with Gasteiger partial charge in [-0.2, -0.15) is 0 Å². The second-order valence-corrected chi connectivity index (χ2v) is 6.54. The minimum Gasteiger partial charge on any atom is -0.444 e. The third-order valence-corrected chi connectivity index (χ3v) is 3.50. The van der Waals surface area contributed by atoms with Crippen LogP contribution in [0, 0.1) is 0 Å².